The molecule has 0 bridgehead atoms. The van der Waals surface area contributed by atoms with Crippen molar-refractivity contribution >= 4 is 0 Å². The summed E-state index contributed by atoms with van der Waals surface area (Å²) in [5.41, 5.74) is 1.28. The van der Waals surface area contributed by atoms with Crippen LogP contribution in [0.2, 0.25) is 0 Å². The Morgan fingerprint density at radius 1 is 1.25 bits per heavy atom. The molecule has 1 aromatic rings. The van der Waals surface area contributed by atoms with Crippen LogP contribution in [0.3, 0.4) is 0 Å². The van der Waals surface area contributed by atoms with E-state index < -0.39 is 0 Å². The summed E-state index contributed by atoms with van der Waals surface area (Å²) in [6, 6.07) is 8.26. The van der Waals surface area contributed by atoms with Crippen LogP contribution in [0.5, 0.6) is 5.75 Å². The first kappa shape index (κ1) is 16.7. The second-order valence-corrected chi connectivity index (χ2v) is 4.80. The molecule has 1 atom stereocenters. The van der Waals surface area contributed by atoms with Gasteiger partial charge in [-0.15, -0.1) is 6.58 Å². The van der Waals surface area contributed by atoms with Crippen molar-refractivity contribution in [1.29, 1.82) is 0 Å². The molecule has 0 saturated heterocycles. The number of hydrogen-bond donors (Lipinski definition) is 1. The molecule has 1 N–H and O–H groups in total. The molecule has 3 nitrogen and oxygen atoms in total. The van der Waals surface area contributed by atoms with Crippen molar-refractivity contribution < 1.29 is 9.47 Å². The lowest BCUT2D eigenvalue weighted by Crippen LogP contribution is -2.20. The Labute approximate surface area is 123 Å². The van der Waals surface area contributed by atoms with Gasteiger partial charge in [-0.05, 0) is 24.0 Å². The standard InChI is InChI=1S/C17H27NO2/c1-4-10-18-11-12-19-13-14-20-17-9-7-6-8-16(17)15(3)5-2/h4,6-9,15,18H,1,5,10-14H2,2-3H3/t15-/m1/s1. The molecule has 3 heteroatoms. The van der Waals surface area contributed by atoms with Crippen molar-refractivity contribution in [3.8, 4) is 5.75 Å². The summed E-state index contributed by atoms with van der Waals surface area (Å²) in [6.45, 7) is 11.6. The zero-order chi connectivity index (χ0) is 14.6. The van der Waals surface area contributed by atoms with Gasteiger partial charge >= 0.3 is 0 Å². The lowest BCUT2D eigenvalue weighted by molar-refractivity contribution is 0.102. The van der Waals surface area contributed by atoms with Crippen LogP contribution >= 0.6 is 0 Å². The van der Waals surface area contributed by atoms with Crippen molar-refractivity contribution in [3.05, 3.63) is 42.5 Å². The molecular formula is C17H27NO2. The molecule has 0 aliphatic carbocycles. The van der Waals surface area contributed by atoms with Gasteiger partial charge < -0.3 is 14.8 Å². The van der Waals surface area contributed by atoms with E-state index in [4.69, 9.17) is 9.47 Å². The number of ether oxygens (including phenoxy) is 2. The molecule has 112 valence electrons. The van der Waals surface area contributed by atoms with Gasteiger partial charge in [0.1, 0.15) is 12.4 Å². The van der Waals surface area contributed by atoms with Crippen LogP contribution in [0.25, 0.3) is 0 Å². The minimum atomic E-state index is 0.523. The normalized spacial score (nSPS) is 12.1. The van der Waals surface area contributed by atoms with E-state index in [9.17, 15) is 0 Å². The predicted octanol–water partition coefficient (Wildman–Crippen LogP) is 3.37. The fourth-order valence-electron chi connectivity index (χ4n) is 1.90. The second-order valence-electron chi connectivity index (χ2n) is 4.80. The van der Waals surface area contributed by atoms with Gasteiger partial charge in [-0.3, -0.25) is 0 Å². The Hall–Kier alpha value is -1.32. The number of rotatable bonds is 11. The number of para-hydroxylation sites is 1. The summed E-state index contributed by atoms with van der Waals surface area (Å²) in [7, 11) is 0. The highest BCUT2D eigenvalue weighted by molar-refractivity contribution is 5.35. The van der Waals surface area contributed by atoms with Gasteiger partial charge in [0, 0.05) is 13.1 Å². The average Bonchev–Trinajstić information content (AvgIpc) is 2.49. The quantitative estimate of drug-likeness (QED) is 0.497. The smallest absolute Gasteiger partial charge is 0.122 e. The molecule has 0 spiro atoms. The fourth-order valence-corrected chi connectivity index (χ4v) is 1.90. The molecule has 0 aliphatic heterocycles. The minimum absolute atomic E-state index is 0.523. The average molecular weight is 277 g/mol. The maximum Gasteiger partial charge on any atom is 0.122 e. The van der Waals surface area contributed by atoms with E-state index in [1.54, 1.807) is 0 Å². The van der Waals surface area contributed by atoms with Crippen molar-refractivity contribution in [1.82, 2.24) is 5.32 Å². The summed E-state index contributed by atoms with van der Waals surface area (Å²) in [5, 5.41) is 3.19. The maximum atomic E-state index is 5.83. The lowest BCUT2D eigenvalue weighted by atomic mass is 9.98. The molecule has 0 saturated carbocycles. The highest BCUT2D eigenvalue weighted by Crippen LogP contribution is 2.28. The Kier molecular flexibility index (Phi) is 8.76. The first-order chi connectivity index (χ1) is 9.79. The van der Waals surface area contributed by atoms with Gasteiger partial charge in [-0.25, -0.2) is 0 Å². The zero-order valence-electron chi connectivity index (χ0n) is 12.7. The Morgan fingerprint density at radius 2 is 2.05 bits per heavy atom. The molecule has 1 aromatic carbocycles. The van der Waals surface area contributed by atoms with Crippen molar-refractivity contribution in [3.63, 3.8) is 0 Å². The van der Waals surface area contributed by atoms with Gasteiger partial charge in [0.05, 0.1) is 13.2 Å². The van der Waals surface area contributed by atoms with E-state index >= 15 is 0 Å². The summed E-state index contributed by atoms with van der Waals surface area (Å²) < 4.78 is 11.3. The maximum absolute atomic E-state index is 5.83. The van der Waals surface area contributed by atoms with E-state index in [1.165, 1.54) is 5.56 Å². The van der Waals surface area contributed by atoms with Crippen LogP contribution in [0.4, 0.5) is 0 Å². The lowest BCUT2D eigenvalue weighted by Gasteiger charge is -2.15. The molecule has 0 unspecified atom stereocenters. The van der Waals surface area contributed by atoms with E-state index in [1.807, 2.05) is 18.2 Å². The molecule has 1 rings (SSSR count). The Balaban J connectivity index is 2.23. The number of hydrogen-bond acceptors (Lipinski definition) is 3. The van der Waals surface area contributed by atoms with E-state index in [0.29, 0.717) is 25.7 Å². The second kappa shape index (κ2) is 10.5. The topological polar surface area (TPSA) is 30.5 Å². The van der Waals surface area contributed by atoms with Crippen LogP contribution in [-0.4, -0.2) is 32.9 Å². The fraction of sp³-hybridized carbons (Fsp3) is 0.529. The van der Waals surface area contributed by atoms with Gasteiger partial charge in [-0.1, -0.05) is 38.1 Å². The Morgan fingerprint density at radius 3 is 2.80 bits per heavy atom. The number of nitrogens with one attached hydrogen (secondary N) is 1. The molecule has 20 heavy (non-hydrogen) atoms. The molecule has 0 aromatic heterocycles. The van der Waals surface area contributed by atoms with Crippen LogP contribution < -0.4 is 10.1 Å². The van der Waals surface area contributed by atoms with Crippen LogP contribution in [0, 0.1) is 0 Å². The SMILES string of the molecule is C=CCNCCOCCOc1ccccc1[C@H](C)CC. The third-order valence-electron chi connectivity index (χ3n) is 3.26. The Bertz CT molecular complexity index is 379. The highest BCUT2D eigenvalue weighted by Gasteiger charge is 2.08. The molecular weight excluding hydrogens is 250 g/mol. The van der Waals surface area contributed by atoms with Crippen LogP contribution in [-0.2, 0) is 4.74 Å². The molecule has 0 heterocycles. The van der Waals surface area contributed by atoms with Crippen LogP contribution in [0.1, 0.15) is 31.7 Å². The monoisotopic (exact) mass is 277 g/mol. The van der Waals surface area contributed by atoms with Crippen LogP contribution in [0.15, 0.2) is 36.9 Å². The van der Waals surface area contributed by atoms with Gasteiger partial charge in [0.2, 0.25) is 0 Å². The van der Waals surface area contributed by atoms with Crippen molar-refractivity contribution in [2.75, 3.05) is 32.9 Å². The summed E-state index contributed by atoms with van der Waals surface area (Å²) in [4.78, 5) is 0. The minimum Gasteiger partial charge on any atom is -0.491 e. The van der Waals surface area contributed by atoms with Crippen molar-refractivity contribution in [2.24, 2.45) is 0 Å². The number of benzene rings is 1. The zero-order valence-corrected chi connectivity index (χ0v) is 12.7. The van der Waals surface area contributed by atoms with Gasteiger partial charge in [-0.2, -0.15) is 0 Å². The molecule has 0 radical (unpaired) electrons. The predicted molar refractivity (Wildman–Crippen MR) is 84.5 cm³/mol. The third-order valence-corrected chi connectivity index (χ3v) is 3.26. The highest BCUT2D eigenvalue weighted by atomic mass is 16.5. The van der Waals surface area contributed by atoms with Gasteiger partial charge in [0.25, 0.3) is 0 Å². The van der Waals surface area contributed by atoms with Gasteiger partial charge in [0.15, 0.2) is 0 Å². The largest absolute Gasteiger partial charge is 0.491 e. The summed E-state index contributed by atoms with van der Waals surface area (Å²) in [6.07, 6.45) is 2.96. The van der Waals surface area contributed by atoms with E-state index in [0.717, 1.165) is 25.3 Å². The summed E-state index contributed by atoms with van der Waals surface area (Å²) >= 11 is 0. The molecule has 0 fully saturated rings. The first-order valence-electron chi connectivity index (χ1n) is 7.40. The van der Waals surface area contributed by atoms with E-state index in [2.05, 4.69) is 37.9 Å². The van der Waals surface area contributed by atoms with Crippen molar-refractivity contribution in [2.45, 2.75) is 26.2 Å². The first-order valence-corrected chi connectivity index (χ1v) is 7.40. The third kappa shape index (κ3) is 6.22. The molecule has 0 amide bonds. The van der Waals surface area contributed by atoms with E-state index in [-0.39, 0.29) is 0 Å². The summed E-state index contributed by atoms with van der Waals surface area (Å²) in [5.74, 6) is 1.51. The molecule has 0 aliphatic rings.